The van der Waals surface area contributed by atoms with Gasteiger partial charge in [0.1, 0.15) is 0 Å². The van der Waals surface area contributed by atoms with Gasteiger partial charge < -0.3 is 10.2 Å². The van der Waals surface area contributed by atoms with E-state index in [-0.39, 0.29) is 5.91 Å². The van der Waals surface area contributed by atoms with Crippen molar-refractivity contribution in [3.63, 3.8) is 0 Å². The van der Waals surface area contributed by atoms with Gasteiger partial charge in [-0.1, -0.05) is 28.1 Å². The van der Waals surface area contributed by atoms with E-state index in [2.05, 4.69) is 51.3 Å². The third-order valence-electron chi connectivity index (χ3n) is 3.52. The Morgan fingerprint density at radius 2 is 2.10 bits per heavy atom. The molecule has 1 fully saturated rings. The molecule has 4 nitrogen and oxygen atoms in total. The molecule has 0 unspecified atom stereocenters. The van der Waals surface area contributed by atoms with Crippen molar-refractivity contribution >= 4 is 21.8 Å². The Hall–Kier alpha value is -0.910. The van der Waals surface area contributed by atoms with E-state index in [0.717, 1.165) is 37.2 Å². The lowest BCUT2D eigenvalue weighted by molar-refractivity contribution is -0.132. The lowest BCUT2D eigenvalue weighted by Crippen LogP contribution is -2.49. The molecule has 1 saturated heterocycles. The molecule has 1 aromatic rings. The zero-order valence-electron chi connectivity index (χ0n) is 12.2. The van der Waals surface area contributed by atoms with E-state index in [1.807, 2.05) is 11.9 Å². The molecule has 0 saturated carbocycles. The second-order valence-electron chi connectivity index (χ2n) is 5.40. The lowest BCUT2D eigenvalue weighted by Gasteiger charge is -2.29. The molecule has 0 spiro atoms. The van der Waals surface area contributed by atoms with Gasteiger partial charge in [-0.05, 0) is 31.2 Å². The van der Waals surface area contributed by atoms with Crippen LogP contribution in [0.4, 0.5) is 0 Å². The summed E-state index contributed by atoms with van der Waals surface area (Å²) in [5.41, 5.74) is 2.45. The molecule has 1 heterocycles. The van der Waals surface area contributed by atoms with Crippen LogP contribution in [0, 0.1) is 6.92 Å². The predicted molar refractivity (Wildman–Crippen MR) is 84.7 cm³/mol. The zero-order valence-corrected chi connectivity index (χ0v) is 13.7. The monoisotopic (exact) mass is 339 g/mol. The molecule has 1 aromatic carbocycles. The van der Waals surface area contributed by atoms with Crippen molar-refractivity contribution in [3.05, 3.63) is 33.8 Å². The minimum absolute atomic E-state index is 0.220. The van der Waals surface area contributed by atoms with Crippen molar-refractivity contribution in [2.24, 2.45) is 0 Å². The van der Waals surface area contributed by atoms with Crippen molar-refractivity contribution in [2.75, 3.05) is 39.8 Å². The highest BCUT2D eigenvalue weighted by molar-refractivity contribution is 9.10. The van der Waals surface area contributed by atoms with Crippen molar-refractivity contribution in [2.45, 2.75) is 13.5 Å². The van der Waals surface area contributed by atoms with Crippen LogP contribution < -0.4 is 5.32 Å². The van der Waals surface area contributed by atoms with Crippen LogP contribution in [0.2, 0.25) is 0 Å². The molecular formula is C15H22BrN3O. The average molecular weight is 340 g/mol. The van der Waals surface area contributed by atoms with Crippen molar-refractivity contribution in [1.82, 2.24) is 15.1 Å². The number of halogens is 1. The number of amides is 1. The first-order valence-electron chi connectivity index (χ1n) is 6.98. The molecule has 110 valence electrons. The van der Waals surface area contributed by atoms with E-state index in [1.54, 1.807) is 0 Å². The third kappa shape index (κ3) is 4.30. The van der Waals surface area contributed by atoms with Gasteiger partial charge in [0.05, 0.1) is 6.54 Å². The second kappa shape index (κ2) is 7.20. The number of benzene rings is 1. The Labute approximate surface area is 129 Å². The molecular weight excluding hydrogens is 318 g/mol. The molecule has 0 aliphatic carbocycles. The Bertz CT molecular complexity index is 472. The van der Waals surface area contributed by atoms with Crippen LogP contribution in [0.1, 0.15) is 11.1 Å². The van der Waals surface area contributed by atoms with Gasteiger partial charge in [0, 0.05) is 37.2 Å². The number of piperazine rings is 1. The maximum Gasteiger partial charge on any atom is 0.236 e. The number of carbonyl (C=O) groups excluding carboxylic acids is 1. The summed E-state index contributed by atoms with van der Waals surface area (Å²) in [7, 11) is 1.99. The molecule has 5 heteroatoms. The molecule has 1 aliphatic heterocycles. The summed E-state index contributed by atoms with van der Waals surface area (Å²) in [6.07, 6.45) is 0. The largest absolute Gasteiger partial charge is 0.339 e. The van der Waals surface area contributed by atoms with Crippen LogP contribution in [-0.4, -0.2) is 55.5 Å². The Morgan fingerprint density at radius 1 is 1.40 bits per heavy atom. The molecule has 1 aliphatic rings. The van der Waals surface area contributed by atoms with Gasteiger partial charge >= 0.3 is 0 Å². The molecule has 1 N–H and O–H groups in total. The summed E-state index contributed by atoms with van der Waals surface area (Å²) in [5, 5.41) is 3.26. The summed E-state index contributed by atoms with van der Waals surface area (Å²) in [5.74, 6) is 0.220. The summed E-state index contributed by atoms with van der Waals surface area (Å²) in [6.45, 7) is 6.77. The fourth-order valence-electron chi connectivity index (χ4n) is 2.37. The smallest absolute Gasteiger partial charge is 0.236 e. The molecule has 0 radical (unpaired) electrons. The van der Waals surface area contributed by atoms with E-state index in [9.17, 15) is 4.79 Å². The minimum atomic E-state index is 0.220. The van der Waals surface area contributed by atoms with Crippen LogP contribution in [0.15, 0.2) is 22.7 Å². The highest BCUT2D eigenvalue weighted by Gasteiger charge is 2.17. The number of hydrogen-bond acceptors (Lipinski definition) is 3. The lowest BCUT2D eigenvalue weighted by atomic mass is 10.1. The van der Waals surface area contributed by atoms with Crippen LogP contribution in [0.5, 0.6) is 0 Å². The predicted octanol–water partition coefficient (Wildman–Crippen LogP) is 1.62. The topological polar surface area (TPSA) is 35.6 Å². The van der Waals surface area contributed by atoms with Crippen molar-refractivity contribution in [1.29, 1.82) is 0 Å². The van der Waals surface area contributed by atoms with Crippen LogP contribution >= 0.6 is 15.9 Å². The first-order valence-corrected chi connectivity index (χ1v) is 7.77. The van der Waals surface area contributed by atoms with Gasteiger partial charge in [-0.3, -0.25) is 9.69 Å². The van der Waals surface area contributed by atoms with E-state index in [4.69, 9.17) is 0 Å². The van der Waals surface area contributed by atoms with Gasteiger partial charge in [0.15, 0.2) is 0 Å². The minimum Gasteiger partial charge on any atom is -0.339 e. The van der Waals surface area contributed by atoms with Gasteiger partial charge in [0.2, 0.25) is 5.91 Å². The zero-order chi connectivity index (χ0) is 14.5. The SMILES string of the molecule is Cc1ccc(CN(C)CC(=O)N2CCNCC2)c(Br)c1. The van der Waals surface area contributed by atoms with Gasteiger partial charge in [-0.2, -0.15) is 0 Å². The normalized spacial score (nSPS) is 15.7. The molecule has 20 heavy (non-hydrogen) atoms. The maximum atomic E-state index is 12.2. The van der Waals surface area contributed by atoms with Crippen molar-refractivity contribution < 1.29 is 4.79 Å². The number of nitrogens with zero attached hydrogens (tertiary/aromatic N) is 2. The molecule has 2 rings (SSSR count). The summed E-state index contributed by atoms with van der Waals surface area (Å²) >= 11 is 3.59. The number of rotatable bonds is 4. The van der Waals surface area contributed by atoms with E-state index < -0.39 is 0 Å². The standard InChI is InChI=1S/C15H22BrN3O/c1-12-3-4-13(14(16)9-12)10-18(2)11-15(20)19-7-5-17-6-8-19/h3-4,9,17H,5-8,10-11H2,1-2H3. The Morgan fingerprint density at radius 3 is 2.75 bits per heavy atom. The Balaban J connectivity index is 1.88. The fourth-order valence-corrected chi connectivity index (χ4v) is 2.99. The van der Waals surface area contributed by atoms with Gasteiger partial charge in [-0.25, -0.2) is 0 Å². The summed E-state index contributed by atoms with van der Waals surface area (Å²) in [4.78, 5) is 16.2. The first-order chi connectivity index (χ1) is 9.56. The number of aryl methyl sites for hydroxylation is 1. The van der Waals surface area contributed by atoms with Crippen LogP contribution in [-0.2, 0) is 11.3 Å². The summed E-state index contributed by atoms with van der Waals surface area (Å²) in [6, 6.07) is 6.33. The quantitative estimate of drug-likeness (QED) is 0.905. The van der Waals surface area contributed by atoms with Crippen molar-refractivity contribution in [3.8, 4) is 0 Å². The fraction of sp³-hybridized carbons (Fsp3) is 0.533. The van der Waals surface area contributed by atoms with Gasteiger partial charge in [0.25, 0.3) is 0 Å². The highest BCUT2D eigenvalue weighted by Crippen LogP contribution is 2.19. The van der Waals surface area contributed by atoms with E-state index in [0.29, 0.717) is 6.54 Å². The van der Waals surface area contributed by atoms with E-state index >= 15 is 0 Å². The molecule has 0 atom stereocenters. The molecule has 0 aromatic heterocycles. The maximum absolute atomic E-state index is 12.2. The first kappa shape index (κ1) is 15.5. The van der Waals surface area contributed by atoms with E-state index in [1.165, 1.54) is 11.1 Å². The second-order valence-corrected chi connectivity index (χ2v) is 6.25. The molecule has 0 bridgehead atoms. The van der Waals surface area contributed by atoms with Gasteiger partial charge in [-0.15, -0.1) is 0 Å². The number of hydrogen-bond donors (Lipinski definition) is 1. The number of nitrogens with one attached hydrogen (secondary N) is 1. The summed E-state index contributed by atoms with van der Waals surface area (Å²) < 4.78 is 1.11. The average Bonchev–Trinajstić information content (AvgIpc) is 2.43. The third-order valence-corrected chi connectivity index (χ3v) is 4.26. The van der Waals surface area contributed by atoms with Crippen LogP contribution in [0.3, 0.4) is 0 Å². The number of likely N-dealkylation sites (N-methyl/N-ethyl adjacent to an activating group) is 1. The van der Waals surface area contributed by atoms with Crippen LogP contribution in [0.25, 0.3) is 0 Å². The highest BCUT2D eigenvalue weighted by atomic mass is 79.9. The Kier molecular flexibility index (Phi) is 5.57. The molecule has 1 amide bonds. The number of carbonyl (C=O) groups is 1.